The third-order valence-electron chi connectivity index (χ3n) is 3.33. The summed E-state index contributed by atoms with van der Waals surface area (Å²) >= 11 is 1.68. The summed E-state index contributed by atoms with van der Waals surface area (Å²) in [6, 6.07) is 0.443. The zero-order valence-corrected chi connectivity index (χ0v) is 9.70. The minimum absolute atomic E-state index is 0.443. The van der Waals surface area contributed by atoms with E-state index in [0.717, 1.165) is 17.3 Å². The van der Waals surface area contributed by atoms with Crippen LogP contribution < -0.4 is 5.32 Å². The lowest BCUT2D eigenvalue weighted by molar-refractivity contribution is 0.626. The van der Waals surface area contributed by atoms with E-state index in [1.54, 1.807) is 11.3 Å². The molecule has 5 nitrogen and oxygen atoms in total. The summed E-state index contributed by atoms with van der Waals surface area (Å²) in [4.78, 5) is 0.950. The zero-order valence-electron chi connectivity index (χ0n) is 8.89. The van der Waals surface area contributed by atoms with Crippen LogP contribution in [-0.4, -0.2) is 26.4 Å². The fraction of sp³-hybridized carbons (Fsp3) is 0.700. The SMILES string of the molecule is C1CNC(c2nn3c(C4CC4)nnc3s2)C1. The molecule has 1 saturated carbocycles. The quantitative estimate of drug-likeness (QED) is 0.856. The Labute approximate surface area is 96.9 Å². The lowest BCUT2D eigenvalue weighted by atomic mass is 10.2. The third kappa shape index (κ3) is 1.29. The maximum atomic E-state index is 4.66. The molecule has 4 rings (SSSR count). The van der Waals surface area contributed by atoms with E-state index in [-0.39, 0.29) is 0 Å². The second-order valence-corrected chi connectivity index (χ2v) is 5.60. The van der Waals surface area contributed by atoms with Crippen molar-refractivity contribution in [2.75, 3.05) is 6.54 Å². The molecule has 1 saturated heterocycles. The summed E-state index contributed by atoms with van der Waals surface area (Å²) in [6.45, 7) is 1.11. The fourth-order valence-electron chi connectivity index (χ4n) is 2.28. The highest BCUT2D eigenvalue weighted by atomic mass is 32.1. The Balaban J connectivity index is 1.77. The molecule has 6 heteroatoms. The van der Waals surface area contributed by atoms with E-state index in [1.807, 2.05) is 4.52 Å². The number of nitrogens with zero attached hydrogens (tertiary/aromatic N) is 4. The molecule has 0 aromatic carbocycles. The van der Waals surface area contributed by atoms with E-state index < -0.39 is 0 Å². The molecule has 1 aliphatic heterocycles. The Morgan fingerprint density at radius 3 is 2.94 bits per heavy atom. The van der Waals surface area contributed by atoms with Gasteiger partial charge in [0.1, 0.15) is 5.01 Å². The van der Waals surface area contributed by atoms with Gasteiger partial charge in [0.25, 0.3) is 0 Å². The zero-order chi connectivity index (χ0) is 10.5. The maximum Gasteiger partial charge on any atom is 0.234 e. The molecule has 1 unspecified atom stereocenters. The van der Waals surface area contributed by atoms with Gasteiger partial charge in [-0.3, -0.25) is 0 Å². The number of rotatable bonds is 2. The van der Waals surface area contributed by atoms with Gasteiger partial charge in [-0.2, -0.15) is 9.61 Å². The Morgan fingerprint density at radius 1 is 1.25 bits per heavy atom. The van der Waals surface area contributed by atoms with Crippen molar-refractivity contribution in [1.82, 2.24) is 25.1 Å². The number of fused-ring (bicyclic) bond motifs is 1. The van der Waals surface area contributed by atoms with Crippen LogP contribution in [0.3, 0.4) is 0 Å². The predicted octanol–water partition coefficient (Wildman–Crippen LogP) is 1.49. The van der Waals surface area contributed by atoms with Crippen LogP contribution in [0.2, 0.25) is 0 Å². The molecule has 0 radical (unpaired) electrons. The van der Waals surface area contributed by atoms with Crippen molar-refractivity contribution in [2.45, 2.75) is 37.6 Å². The Hall–Kier alpha value is -1.01. The number of aromatic nitrogens is 4. The molecular weight excluding hydrogens is 222 g/mol. The third-order valence-corrected chi connectivity index (χ3v) is 4.34. The first-order valence-electron chi connectivity index (χ1n) is 5.87. The summed E-state index contributed by atoms with van der Waals surface area (Å²) in [5, 5.41) is 17.7. The van der Waals surface area contributed by atoms with E-state index in [9.17, 15) is 0 Å². The normalized spacial score (nSPS) is 25.6. The van der Waals surface area contributed by atoms with Crippen LogP contribution in [0.25, 0.3) is 4.96 Å². The van der Waals surface area contributed by atoms with Crippen molar-refractivity contribution in [3.63, 3.8) is 0 Å². The minimum Gasteiger partial charge on any atom is -0.308 e. The fourth-order valence-corrected chi connectivity index (χ4v) is 3.23. The molecule has 2 aromatic heterocycles. The van der Waals surface area contributed by atoms with Crippen LogP contribution in [0.15, 0.2) is 0 Å². The Kier molecular flexibility index (Phi) is 1.84. The van der Waals surface area contributed by atoms with Crippen LogP contribution in [-0.2, 0) is 0 Å². The van der Waals surface area contributed by atoms with Crippen LogP contribution in [0.4, 0.5) is 0 Å². The highest BCUT2D eigenvalue weighted by molar-refractivity contribution is 7.16. The van der Waals surface area contributed by atoms with Crippen molar-refractivity contribution in [1.29, 1.82) is 0 Å². The van der Waals surface area contributed by atoms with Gasteiger partial charge in [-0.25, -0.2) is 0 Å². The second kappa shape index (κ2) is 3.24. The van der Waals surface area contributed by atoms with E-state index in [4.69, 9.17) is 0 Å². The van der Waals surface area contributed by atoms with Gasteiger partial charge in [0.05, 0.1) is 6.04 Å². The number of nitrogens with one attached hydrogen (secondary N) is 1. The molecule has 1 N–H and O–H groups in total. The van der Waals surface area contributed by atoms with E-state index in [1.165, 1.54) is 30.7 Å². The predicted molar refractivity (Wildman–Crippen MR) is 60.6 cm³/mol. The number of hydrogen-bond donors (Lipinski definition) is 1. The van der Waals surface area contributed by atoms with Gasteiger partial charge in [-0.15, -0.1) is 10.2 Å². The van der Waals surface area contributed by atoms with Gasteiger partial charge < -0.3 is 5.32 Å². The largest absolute Gasteiger partial charge is 0.308 e. The van der Waals surface area contributed by atoms with Crippen LogP contribution in [0, 0.1) is 0 Å². The van der Waals surface area contributed by atoms with Crippen molar-refractivity contribution >= 4 is 16.3 Å². The molecule has 0 bridgehead atoms. The summed E-state index contributed by atoms with van der Waals surface area (Å²) in [5.41, 5.74) is 0. The molecule has 84 valence electrons. The first-order valence-corrected chi connectivity index (χ1v) is 6.69. The van der Waals surface area contributed by atoms with Gasteiger partial charge in [0.2, 0.25) is 4.96 Å². The lowest BCUT2D eigenvalue weighted by Crippen LogP contribution is -2.13. The molecule has 3 heterocycles. The molecule has 1 aliphatic carbocycles. The topological polar surface area (TPSA) is 55.1 Å². The van der Waals surface area contributed by atoms with Crippen molar-refractivity contribution in [3.05, 3.63) is 10.8 Å². The molecule has 2 aliphatic rings. The summed E-state index contributed by atoms with van der Waals surface area (Å²) < 4.78 is 1.96. The van der Waals surface area contributed by atoms with Crippen LogP contribution in [0.1, 0.15) is 48.5 Å². The van der Waals surface area contributed by atoms with E-state index in [2.05, 4.69) is 20.6 Å². The lowest BCUT2D eigenvalue weighted by Gasteiger charge is -2.03. The maximum absolute atomic E-state index is 4.66. The standard InChI is InChI=1S/C10H13N5S/c1-2-7(11-5-1)9-14-15-8(6-3-4-6)12-13-10(15)16-9/h6-7,11H,1-5H2. The van der Waals surface area contributed by atoms with Crippen LogP contribution in [0.5, 0.6) is 0 Å². The van der Waals surface area contributed by atoms with Crippen molar-refractivity contribution < 1.29 is 0 Å². The molecule has 1 atom stereocenters. The summed E-state index contributed by atoms with van der Waals surface area (Å²) in [5.74, 6) is 1.68. The summed E-state index contributed by atoms with van der Waals surface area (Å²) in [7, 11) is 0. The Bertz CT molecular complexity index is 520. The smallest absolute Gasteiger partial charge is 0.234 e. The van der Waals surface area contributed by atoms with Crippen LogP contribution >= 0.6 is 11.3 Å². The second-order valence-electron chi connectivity index (χ2n) is 4.62. The summed E-state index contributed by atoms with van der Waals surface area (Å²) in [6.07, 6.45) is 4.94. The van der Waals surface area contributed by atoms with E-state index in [0.29, 0.717) is 12.0 Å². The van der Waals surface area contributed by atoms with Gasteiger partial charge >= 0.3 is 0 Å². The molecular formula is C10H13N5S. The molecule has 0 spiro atoms. The van der Waals surface area contributed by atoms with Gasteiger partial charge in [0.15, 0.2) is 5.82 Å². The van der Waals surface area contributed by atoms with Crippen molar-refractivity contribution in [2.24, 2.45) is 0 Å². The monoisotopic (exact) mass is 235 g/mol. The first-order chi connectivity index (χ1) is 7.92. The number of hydrogen-bond acceptors (Lipinski definition) is 5. The molecule has 0 amide bonds. The average Bonchev–Trinajstić information content (AvgIpc) is 2.76. The van der Waals surface area contributed by atoms with Gasteiger partial charge in [-0.05, 0) is 32.2 Å². The Morgan fingerprint density at radius 2 is 2.19 bits per heavy atom. The highest BCUT2D eigenvalue weighted by Crippen LogP contribution is 2.39. The molecule has 2 aromatic rings. The first kappa shape index (κ1) is 9.07. The van der Waals surface area contributed by atoms with E-state index >= 15 is 0 Å². The molecule has 16 heavy (non-hydrogen) atoms. The van der Waals surface area contributed by atoms with Gasteiger partial charge in [-0.1, -0.05) is 11.3 Å². The molecule has 2 fully saturated rings. The highest BCUT2D eigenvalue weighted by Gasteiger charge is 2.31. The average molecular weight is 235 g/mol. The minimum atomic E-state index is 0.443. The van der Waals surface area contributed by atoms with Crippen molar-refractivity contribution in [3.8, 4) is 0 Å². The van der Waals surface area contributed by atoms with Gasteiger partial charge in [0, 0.05) is 5.92 Å².